The Hall–Kier alpha value is -3.41. The highest BCUT2D eigenvalue weighted by Gasteiger charge is 2.24. The maximum atomic E-state index is 12.1. The van der Waals surface area contributed by atoms with E-state index in [2.05, 4.69) is 4.99 Å². The highest BCUT2D eigenvalue weighted by Crippen LogP contribution is 2.28. The molecule has 0 fully saturated rings. The molecule has 26 heavy (non-hydrogen) atoms. The van der Waals surface area contributed by atoms with Crippen LogP contribution in [0, 0.1) is 6.92 Å². The lowest BCUT2D eigenvalue weighted by atomic mass is 10.1. The Bertz CT molecular complexity index is 926. The topological polar surface area (TPSA) is 74.2 Å². The zero-order valence-corrected chi connectivity index (χ0v) is 14.6. The van der Waals surface area contributed by atoms with Gasteiger partial charge in [-0.05, 0) is 37.3 Å². The first-order valence-corrected chi connectivity index (χ1v) is 7.92. The van der Waals surface area contributed by atoms with Gasteiger partial charge in [0, 0.05) is 24.1 Å². The van der Waals surface area contributed by atoms with Gasteiger partial charge in [0.15, 0.2) is 5.70 Å². The summed E-state index contributed by atoms with van der Waals surface area (Å²) in [5.74, 6) is 0.102. The average Bonchev–Trinajstić information content (AvgIpc) is 2.97. The van der Waals surface area contributed by atoms with Crippen LogP contribution in [-0.4, -0.2) is 24.9 Å². The Morgan fingerprint density at radius 2 is 1.88 bits per heavy atom. The van der Waals surface area contributed by atoms with Gasteiger partial charge in [0.25, 0.3) is 0 Å². The molecular weight excluding hydrogens is 334 g/mol. The molecule has 0 aromatic heterocycles. The smallest absolute Gasteiger partial charge is 0.363 e. The second-order valence-electron chi connectivity index (χ2n) is 5.70. The molecule has 1 heterocycles. The van der Waals surface area contributed by atoms with Crippen molar-refractivity contribution < 1.29 is 23.8 Å². The summed E-state index contributed by atoms with van der Waals surface area (Å²) in [4.78, 5) is 27.5. The van der Waals surface area contributed by atoms with E-state index in [1.165, 1.54) is 14.0 Å². The molecule has 3 rings (SSSR count). The van der Waals surface area contributed by atoms with Gasteiger partial charge in [0.05, 0.1) is 7.11 Å². The molecule has 0 spiro atoms. The molecule has 6 nitrogen and oxygen atoms in total. The molecule has 0 radical (unpaired) electrons. The molecule has 0 bridgehead atoms. The standard InChI is InChI=1S/C20H17NO5/c1-12-4-6-14(7-5-12)19-21-17(20(23)26-19)10-15-8-9-16(25-13(2)22)11-18(15)24-3/h4-11H,1-3H3/b17-10+. The predicted octanol–water partition coefficient (Wildman–Crippen LogP) is 3.27. The number of esters is 2. The van der Waals surface area contributed by atoms with Crippen LogP contribution in [0.25, 0.3) is 6.08 Å². The predicted molar refractivity (Wildman–Crippen MR) is 96.1 cm³/mol. The number of hydrogen-bond donors (Lipinski definition) is 0. The van der Waals surface area contributed by atoms with Gasteiger partial charge in [-0.3, -0.25) is 4.79 Å². The van der Waals surface area contributed by atoms with E-state index in [9.17, 15) is 9.59 Å². The number of aliphatic imine (C=N–C) groups is 1. The molecule has 2 aromatic rings. The average molecular weight is 351 g/mol. The first kappa shape index (κ1) is 17.4. The molecule has 6 heteroatoms. The second-order valence-corrected chi connectivity index (χ2v) is 5.70. The van der Waals surface area contributed by atoms with E-state index in [1.807, 2.05) is 31.2 Å². The molecule has 0 saturated carbocycles. The Morgan fingerprint density at radius 3 is 2.54 bits per heavy atom. The third kappa shape index (κ3) is 3.80. The first-order chi connectivity index (χ1) is 12.5. The van der Waals surface area contributed by atoms with E-state index in [1.54, 1.807) is 24.3 Å². The van der Waals surface area contributed by atoms with Crippen molar-refractivity contribution in [2.45, 2.75) is 13.8 Å². The van der Waals surface area contributed by atoms with Crippen molar-refractivity contribution in [3.63, 3.8) is 0 Å². The summed E-state index contributed by atoms with van der Waals surface area (Å²) in [6.07, 6.45) is 1.57. The van der Waals surface area contributed by atoms with E-state index >= 15 is 0 Å². The Labute approximate surface area is 150 Å². The molecule has 1 aliphatic rings. The number of nitrogens with zero attached hydrogens (tertiary/aromatic N) is 1. The van der Waals surface area contributed by atoms with Crippen molar-refractivity contribution in [1.29, 1.82) is 0 Å². The molecule has 132 valence electrons. The molecular formula is C20H17NO5. The molecule has 0 atom stereocenters. The summed E-state index contributed by atoms with van der Waals surface area (Å²) in [5.41, 5.74) is 2.61. The van der Waals surface area contributed by atoms with Gasteiger partial charge in [-0.2, -0.15) is 0 Å². The Morgan fingerprint density at radius 1 is 1.15 bits per heavy atom. The highest BCUT2D eigenvalue weighted by atomic mass is 16.6. The summed E-state index contributed by atoms with van der Waals surface area (Å²) in [6, 6.07) is 12.4. The number of hydrogen-bond acceptors (Lipinski definition) is 6. The minimum absolute atomic E-state index is 0.166. The molecule has 0 unspecified atom stereocenters. The highest BCUT2D eigenvalue weighted by molar-refractivity contribution is 6.13. The van der Waals surface area contributed by atoms with Gasteiger partial charge in [0.1, 0.15) is 11.5 Å². The van der Waals surface area contributed by atoms with Gasteiger partial charge < -0.3 is 14.2 Å². The molecule has 0 N–H and O–H groups in total. The van der Waals surface area contributed by atoms with Crippen LogP contribution >= 0.6 is 0 Å². The number of carbonyl (C=O) groups is 2. The van der Waals surface area contributed by atoms with Gasteiger partial charge in [-0.25, -0.2) is 9.79 Å². The maximum Gasteiger partial charge on any atom is 0.363 e. The fourth-order valence-corrected chi connectivity index (χ4v) is 2.42. The quantitative estimate of drug-likeness (QED) is 0.480. The maximum absolute atomic E-state index is 12.1. The number of aryl methyl sites for hydroxylation is 1. The number of ether oxygens (including phenoxy) is 3. The summed E-state index contributed by atoms with van der Waals surface area (Å²) in [5, 5.41) is 0. The second kappa shape index (κ2) is 7.23. The van der Waals surface area contributed by atoms with Gasteiger partial charge in [-0.15, -0.1) is 0 Å². The van der Waals surface area contributed by atoms with Crippen molar-refractivity contribution in [3.8, 4) is 11.5 Å². The van der Waals surface area contributed by atoms with E-state index in [4.69, 9.17) is 14.2 Å². The van der Waals surface area contributed by atoms with E-state index in [0.717, 1.165) is 11.1 Å². The normalized spacial score (nSPS) is 14.8. The summed E-state index contributed by atoms with van der Waals surface area (Å²) in [6.45, 7) is 3.29. The van der Waals surface area contributed by atoms with E-state index in [-0.39, 0.29) is 11.6 Å². The fourth-order valence-electron chi connectivity index (χ4n) is 2.42. The lowest BCUT2D eigenvalue weighted by Gasteiger charge is -2.07. The van der Waals surface area contributed by atoms with Gasteiger partial charge in [0.2, 0.25) is 5.90 Å². The molecule has 0 aliphatic carbocycles. The molecule has 0 saturated heterocycles. The Kier molecular flexibility index (Phi) is 4.84. The number of carbonyl (C=O) groups excluding carboxylic acids is 2. The van der Waals surface area contributed by atoms with Crippen LogP contribution < -0.4 is 9.47 Å². The lowest BCUT2D eigenvalue weighted by Crippen LogP contribution is -2.05. The van der Waals surface area contributed by atoms with E-state index < -0.39 is 11.9 Å². The minimum atomic E-state index is -0.535. The summed E-state index contributed by atoms with van der Waals surface area (Å²) in [7, 11) is 1.49. The van der Waals surface area contributed by atoms with Crippen LogP contribution in [0.15, 0.2) is 53.2 Å². The molecule has 1 aliphatic heterocycles. The number of cyclic esters (lactones) is 1. The summed E-state index contributed by atoms with van der Waals surface area (Å²) < 4.78 is 15.6. The third-order valence-corrected chi connectivity index (χ3v) is 3.68. The van der Waals surface area contributed by atoms with E-state index in [0.29, 0.717) is 17.1 Å². The van der Waals surface area contributed by atoms with Gasteiger partial charge >= 0.3 is 11.9 Å². The van der Waals surface area contributed by atoms with Crippen LogP contribution in [0.1, 0.15) is 23.6 Å². The lowest BCUT2D eigenvalue weighted by molar-refractivity contribution is -0.132. The number of benzene rings is 2. The van der Waals surface area contributed by atoms with Crippen LogP contribution in [0.2, 0.25) is 0 Å². The zero-order valence-electron chi connectivity index (χ0n) is 14.6. The zero-order chi connectivity index (χ0) is 18.7. The van der Waals surface area contributed by atoms with Crippen molar-refractivity contribution >= 4 is 23.9 Å². The van der Waals surface area contributed by atoms with Crippen LogP contribution in [-0.2, 0) is 14.3 Å². The van der Waals surface area contributed by atoms with Gasteiger partial charge in [-0.1, -0.05) is 17.7 Å². The number of rotatable bonds is 4. The van der Waals surface area contributed by atoms with Crippen LogP contribution in [0.3, 0.4) is 0 Å². The monoisotopic (exact) mass is 351 g/mol. The Balaban J connectivity index is 1.92. The fraction of sp³-hybridized carbons (Fsp3) is 0.150. The van der Waals surface area contributed by atoms with Crippen LogP contribution in [0.5, 0.6) is 11.5 Å². The number of methoxy groups -OCH3 is 1. The largest absolute Gasteiger partial charge is 0.496 e. The molecule has 0 amide bonds. The third-order valence-electron chi connectivity index (χ3n) is 3.68. The SMILES string of the molecule is COc1cc(OC(C)=O)ccc1/C=C1/N=C(c2ccc(C)cc2)OC1=O. The van der Waals surface area contributed by atoms with Crippen molar-refractivity contribution in [3.05, 3.63) is 64.9 Å². The van der Waals surface area contributed by atoms with Crippen molar-refractivity contribution in [1.82, 2.24) is 0 Å². The molecule has 2 aromatic carbocycles. The summed E-state index contributed by atoms with van der Waals surface area (Å²) >= 11 is 0. The van der Waals surface area contributed by atoms with Crippen molar-refractivity contribution in [2.24, 2.45) is 4.99 Å². The van der Waals surface area contributed by atoms with Crippen molar-refractivity contribution in [2.75, 3.05) is 7.11 Å². The minimum Gasteiger partial charge on any atom is -0.496 e. The first-order valence-electron chi connectivity index (χ1n) is 7.92. The van der Waals surface area contributed by atoms with Crippen LogP contribution in [0.4, 0.5) is 0 Å².